The van der Waals surface area contributed by atoms with Gasteiger partial charge < -0.3 is 0 Å². The zero-order valence-corrected chi connectivity index (χ0v) is 13.2. The van der Waals surface area contributed by atoms with Crippen LogP contribution in [0.1, 0.15) is 38.8 Å². The number of nitrogens with zero attached hydrogens (tertiary/aromatic N) is 2. The van der Waals surface area contributed by atoms with E-state index in [9.17, 15) is 9.59 Å². The van der Waals surface area contributed by atoms with Crippen molar-refractivity contribution in [3.8, 4) is 0 Å². The molecule has 2 rings (SSSR count). The summed E-state index contributed by atoms with van der Waals surface area (Å²) in [4.78, 5) is 29.5. The first kappa shape index (κ1) is 15.8. The molecule has 0 aliphatic rings. The Morgan fingerprint density at radius 1 is 0.818 bits per heavy atom. The average Bonchev–Trinajstić information content (AvgIpc) is 2.45. The van der Waals surface area contributed by atoms with Crippen LogP contribution in [0.4, 0.5) is 0 Å². The van der Waals surface area contributed by atoms with E-state index in [1.54, 1.807) is 12.2 Å². The van der Waals surface area contributed by atoms with Gasteiger partial charge in [0.2, 0.25) is 12.2 Å². The molecule has 0 N–H and O–H groups in total. The first-order chi connectivity index (χ1) is 10.3. The predicted octanol–water partition coefficient (Wildman–Crippen LogP) is 3.98. The average molecular weight is 294 g/mol. The number of hydrogen-bond acceptors (Lipinski definition) is 4. The van der Waals surface area contributed by atoms with Crippen LogP contribution in [-0.2, 0) is 20.7 Å². The molecule has 0 bridgehead atoms. The molecule has 0 aliphatic heterocycles. The lowest BCUT2D eigenvalue weighted by Crippen LogP contribution is -2.24. The van der Waals surface area contributed by atoms with Crippen molar-refractivity contribution >= 4 is 22.9 Å². The van der Waals surface area contributed by atoms with Gasteiger partial charge in [0, 0.05) is 0 Å². The van der Waals surface area contributed by atoms with E-state index in [2.05, 4.69) is 9.98 Å². The molecule has 2 aromatic carbocycles. The van der Waals surface area contributed by atoms with Gasteiger partial charge in [0.05, 0.1) is 11.1 Å². The fourth-order valence-corrected chi connectivity index (χ4v) is 2.78. The molecule has 0 saturated carbocycles. The highest BCUT2D eigenvalue weighted by Crippen LogP contribution is 2.40. The maximum Gasteiger partial charge on any atom is 0.235 e. The van der Waals surface area contributed by atoms with Crippen LogP contribution in [-0.4, -0.2) is 12.2 Å². The van der Waals surface area contributed by atoms with Gasteiger partial charge in [0.1, 0.15) is 0 Å². The van der Waals surface area contributed by atoms with Crippen molar-refractivity contribution < 1.29 is 9.59 Å². The highest BCUT2D eigenvalue weighted by Gasteiger charge is 2.32. The van der Waals surface area contributed by atoms with Crippen molar-refractivity contribution in [2.45, 2.75) is 38.8 Å². The monoisotopic (exact) mass is 294 g/mol. The maximum atomic E-state index is 10.8. The summed E-state index contributed by atoms with van der Waals surface area (Å²) in [6.45, 7) is 7.38. The molecule has 0 aliphatic carbocycles. The molecule has 0 heterocycles. The van der Waals surface area contributed by atoms with Crippen LogP contribution in [0.15, 0.2) is 46.4 Å². The predicted molar refractivity (Wildman–Crippen MR) is 86.2 cm³/mol. The maximum absolute atomic E-state index is 10.8. The Morgan fingerprint density at radius 2 is 1.41 bits per heavy atom. The van der Waals surface area contributed by atoms with Gasteiger partial charge in [-0.3, -0.25) is 0 Å². The summed E-state index contributed by atoms with van der Waals surface area (Å²) < 4.78 is 0. The van der Waals surface area contributed by atoms with Crippen molar-refractivity contribution in [3.05, 3.63) is 47.5 Å². The molecular weight excluding hydrogens is 276 g/mol. The number of isocyanates is 2. The van der Waals surface area contributed by atoms with Crippen LogP contribution >= 0.6 is 0 Å². The summed E-state index contributed by atoms with van der Waals surface area (Å²) in [5, 5.41) is 2.03. The van der Waals surface area contributed by atoms with E-state index in [0.717, 1.165) is 21.9 Å². The van der Waals surface area contributed by atoms with E-state index in [1.165, 1.54) is 0 Å². The topological polar surface area (TPSA) is 58.9 Å². The minimum atomic E-state index is -0.770. The minimum Gasteiger partial charge on any atom is -0.211 e. The van der Waals surface area contributed by atoms with Crippen molar-refractivity contribution in [3.63, 3.8) is 0 Å². The second-order valence-electron chi connectivity index (χ2n) is 6.23. The first-order valence-electron chi connectivity index (χ1n) is 7.04. The quantitative estimate of drug-likeness (QED) is 0.632. The summed E-state index contributed by atoms with van der Waals surface area (Å²) in [5.41, 5.74) is 0.196. The Hall–Kier alpha value is -2.54. The second-order valence-corrected chi connectivity index (χ2v) is 6.23. The minimum absolute atomic E-state index is 0.753. The van der Waals surface area contributed by atoms with E-state index in [1.807, 2.05) is 64.1 Å². The van der Waals surface area contributed by atoms with E-state index in [-0.39, 0.29) is 0 Å². The zero-order valence-electron chi connectivity index (χ0n) is 13.2. The van der Waals surface area contributed by atoms with Gasteiger partial charge in [-0.1, -0.05) is 36.4 Å². The summed E-state index contributed by atoms with van der Waals surface area (Å²) in [6.07, 6.45) is 3.28. The van der Waals surface area contributed by atoms with Gasteiger partial charge in [-0.2, -0.15) is 9.98 Å². The fraction of sp³-hybridized carbons (Fsp3) is 0.333. The standard InChI is InChI=1S/C18H18N2O2/c1-17(2,19-11-21)15-10-9-13-7-5-6-8-14(13)16(15)18(3,4)20-12-22/h5-10H,1-4H3. The summed E-state index contributed by atoms with van der Waals surface area (Å²) in [7, 11) is 0. The van der Waals surface area contributed by atoms with Gasteiger partial charge in [-0.05, 0) is 49.6 Å². The Balaban J connectivity index is 2.94. The van der Waals surface area contributed by atoms with E-state index in [4.69, 9.17) is 0 Å². The Morgan fingerprint density at radius 3 is 2.05 bits per heavy atom. The molecule has 0 atom stereocenters. The summed E-state index contributed by atoms with van der Waals surface area (Å²) >= 11 is 0. The van der Waals surface area contributed by atoms with Gasteiger partial charge in [0.15, 0.2) is 0 Å². The Kier molecular flexibility index (Phi) is 4.09. The smallest absolute Gasteiger partial charge is 0.211 e. The second kappa shape index (κ2) is 5.69. The van der Waals surface area contributed by atoms with E-state index in [0.29, 0.717) is 0 Å². The van der Waals surface area contributed by atoms with Crippen LogP contribution in [0.2, 0.25) is 0 Å². The summed E-state index contributed by atoms with van der Waals surface area (Å²) in [6, 6.07) is 11.8. The number of carbonyl (C=O) groups excluding carboxylic acids is 2. The first-order valence-corrected chi connectivity index (χ1v) is 7.04. The third kappa shape index (κ3) is 2.75. The largest absolute Gasteiger partial charge is 0.235 e. The SMILES string of the molecule is CC(C)(N=C=O)c1ccc2ccccc2c1C(C)(C)N=C=O. The third-order valence-corrected chi connectivity index (χ3v) is 3.85. The summed E-state index contributed by atoms with van der Waals surface area (Å²) in [5.74, 6) is 0. The van der Waals surface area contributed by atoms with Gasteiger partial charge >= 0.3 is 0 Å². The van der Waals surface area contributed by atoms with Crippen molar-refractivity contribution in [1.82, 2.24) is 0 Å². The molecule has 0 spiro atoms. The van der Waals surface area contributed by atoms with Gasteiger partial charge in [0.25, 0.3) is 0 Å². The molecule has 22 heavy (non-hydrogen) atoms. The molecule has 4 nitrogen and oxygen atoms in total. The lowest BCUT2D eigenvalue weighted by molar-refractivity contribution is 0.488. The number of hydrogen-bond donors (Lipinski definition) is 0. The molecule has 0 amide bonds. The van der Waals surface area contributed by atoms with Crippen LogP contribution in [0.5, 0.6) is 0 Å². The van der Waals surface area contributed by atoms with Crippen LogP contribution < -0.4 is 0 Å². The van der Waals surface area contributed by atoms with Crippen LogP contribution in [0, 0.1) is 0 Å². The fourth-order valence-electron chi connectivity index (χ4n) is 2.78. The molecule has 0 radical (unpaired) electrons. The van der Waals surface area contributed by atoms with Crippen LogP contribution in [0.3, 0.4) is 0 Å². The van der Waals surface area contributed by atoms with Crippen LogP contribution in [0.25, 0.3) is 10.8 Å². The lowest BCUT2D eigenvalue weighted by atomic mass is 9.79. The molecule has 0 saturated heterocycles. The Labute approximate surface area is 129 Å². The molecular formula is C18H18N2O2. The molecule has 0 fully saturated rings. The van der Waals surface area contributed by atoms with E-state index >= 15 is 0 Å². The Bertz CT molecular complexity index is 809. The van der Waals surface area contributed by atoms with Gasteiger partial charge in [-0.15, -0.1) is 0 Å². The molecule has 4 heteroatoms. The van der Waals surface area contributed by atoms with Gasteiger partial charge in [-0.25, -0.2) is 9.59 Å². The lowest BCUT2D eigenvalue weighted by Gasteiger charge is -2.29. The van der Waals surface area contributed by atoms with E-state index < -0.39 is 11.1 Å². The number of fused-ring (bicyclic) bond motifs is 1. The zero-order chi connectivity index (χ0) is 16.4. The number of benzene rings is 2. The molecule has 2 aromatic rings. The molecule has 0 unspecified atom stereocenters. The van der Waals surface area contributed by atoms with Crippen molar-refractivity contribution in [2.75, 3.05) is 0 Å². The normalized spacial score (nSPS) is 11.6. The molecule has 112 valence electrons. The van der Waals surface area contributed by atoms with Crippen molar-refractivity contribution in [1.29, 1.82) is 0 Å². The third-order valence-electron chi connectivity index (χ3n) is 3.85. The highest BCUT2D eigenvalue weighted by molar-refractivity contribution is 5.88. The van der Waals surface area contributed by atoms with Crippen molar-refractivity contribution in [2.24, 2.45) is 9.98 Å². The number of aliphatic imine (C=N–C) groups is 2. The molecule has 0 aromatic heterocycles. The highest BCUT2D eigenvalue weighted by atomic mass is 16.1. The number of rotatable bonds is 4.